The fourth-order valence-electron chi connectivity index (χ4n) is 1.26. The Morgan fingerprint density at radius 1 is 1.28 bits per heavy atom. The van der Waals surface area contributed by atoms with Crippen LogP contribution >= 0.6 is 11.6 Å². The first-order valence-electron chi connectivity index (χ1n) is 4.78. The van der Waals surface area contributed by atoms with E-state index in [2.05, 4.69) is 6.07 Å². The van der Waals surface area contributed by atoms with Gasteiger partial charge in [-0.25, -0.2) is 4.39 Å². The molecule has 0 aliphatic heterocycles. The third kappa shape index (κ3) is 5.14. The molecule has 0 radical (unpaired) electrons. The van der Waals surface area contributed by atoms with Crippen molar-refractivity contribution in [3.8, 4) is 5.75 Å². The smallest absolute Gasteiger partial charge is 1.00 e. The van der Waals surface area contributed by atoms with Crippen molar-refractivity contribution in [1.29, 1.82) is 0 Å². The van der Waals surface area contributed by atoms with Gasteiger partial charge < -0.3 is 21.7 Å². The molecule has 0 heterocycles. The molecule has 1 nitrogen and oxygen atoms in total. The molecule has 0 spiro atoms. The molecule has 0 unspecified atom stereocenters. The number of benzene rings is 2. The third-order valence-corrected chi connectivity index (χ3v) is 2.37. The van der Waals surface area contributed by atoms with Crippen molar-refractivity contribution in [3.05, 3.63) is 64.9 Å². The van der Waals surface area contributed by atoms with Gasteiger partial charge in [-0.2, -0.15) is 18.2 Å². The molecule has 0 amide bonds. The van der Waals surface area contributed by atoms with Crippen LogP contribution in [-0.2, 0) is 6.61 Å². The summed E-state index contributed by atoms with van der Waals surface area (Å²) >= 11 is 5.58. The van der Waals surface area contributed by atoms with Gasteiger partial charge in [0.2, 0.25) is 0 Å². The zero-order valence-corrected chi connectivity index (χ0v) is 13.3. The van der Waals surface area contributed by atoms with Crippen LogP contribution in [0, 0.1) is 11.9 Å². The molecule has 0 N–H and O–H groups in total. The van der Waals surface area contributed by atoms with Crippen molar-refractivity contribution in [2.45, 2.75) is 6.61 Å². The van der Waals surface area contributed by atoms with Gasteiger partial charge in [0, 0.05) is 5.75 Å². The van der Waals surface area contributed by atoms with Crippen LogP contribution in [0.25, 0.3) is 0 Å². The molecule has 18 heavy (non-hydrogen) atoms. The van der Waals surface area contributed by atoms with Crippen LogP contribution in [0.15, 0.2) is 42.5 Å². The quantitative estimate of drug-likeness (QED) is 0.584. The minimum atomic E-state index is -0.428. The van der Waals surface area contributed by atoms with Crippen LogP contribution in [-0.4, -0.2) is 23.1 Å². The van der Waals surface area contributed by atoms with E-state index in [-0.39, 0.29) is 45.1 Å². The van der Waals surface area contributed by atoms with Crippen LogP contribution < -0.4 is 21.7 Å². The SMILES string of the molecule is Fc1cc(COc2c[c-]ccc2)ccc1Cl.[Br-].[Mg+2]. The van der Waals surface area contributed by atoms with Crippen molar-refractivity contribution in [2.24, 2.45) is 0 Å². The molecule has 0 aliphatic rings. The molecule has 2 rings (SSSR count). The molecule has 0 aromatic heterocycles. The maximum Gasteiger partial charge on any atom is 2.00 e. The molecular weight excluding hydrogens is 331 g/mol. The second kappa shape index (κ2) is 8.75. The number of ether oxygens (including phenoxy) is 1. The standard InChI is InChI=1S/C13H9ClFO.BrH.Mg/c14-12-7-6-10(8-13(12)15)9-16-11-4-2-1-3-5-11;;/h1-2,4-8H,9H2;1H;/q-1;;+2/p-1. The maximum absolute atomic E-state index is 13.1. The minimum absolute atomic E-state index is 0. The Bertz CT molecular complexity index is 482. The summed E-state index contributed by atoms with van der Waals surface area (Å²) < 4.78 is 18.6. The van der Waals surface area contributed by atoms with E-state index in [1.807, 2.05) is 12.1 Å². The monoisotopic (exact) mass is 338 g/mol. The van der Waals surface area contributed by atoms with Gasteiger partial charge in [0.05, 0.1) is 11.6 Å². The molecule has 2 aromatic carbocycles. The Labute approximate surface area is 137 Å². The Morgan fingerprint density at radius 2 is 2.06 bits per heavy atom. The van der Waals surface area contributed by atoms with Crippen LogP contribution in [0.4, 0.5) is 4.39 Å². The van der Waals surface area contributed by atoms with Crippen molar-refractivity contribution < 1.29 is 26.1 Å². The summed E-state index contributed by atoms with van der Waals surface area (Å²) in [4.78, 5) is 0. The third-order valence-electron chi connectivity index (χ3n) is 2.07. The molecule has 0 aliphatic carbocycles. The van der Waals surface area contributed by atoms with Gasteiger partial charge in [0.25, 0.3) is 0 Å². The van der Waals surface area contributed by atoms with E-state index in [1.165, 1.54) is 12.1 Å². The fraction of sp³-hybridized carbons (Fsp3) is 0.0769. The summed E-state index contributed by atoms with van der Waals surface area (Å²) in [6, 6.07) is 14.7. The van der Waals surface area contributed by atoms with Gasteiger partial charge in [-0.05, 0) is 17.7 Å². The largest absolute Gasteiger partial charge is 2.00 e. The summed E-state index contributed by atoms with van der Waals surface area (Å²) in [5.74, 6) is 0.278. The predicted molar refractivity (Wildman–Crippen MR) is 66.8 cm³/mol. The Kier molecular flexibility index (Phi) is 8.60. The zero-order valence-electron chi connectivity index (χ0n) is 9.50. The van der Waals surface area contributed by atoms with E-state index in [0.29, 0.717) is 12.4 Å². The summed E-state index contributed by atoms with van der Waals surface area (Å²) in [5, 5.41) is 0.122. The van der Waals surface area contributed by atoms with Gasteiger partial charge in [0.15, 0.2) is 0 Å². The molecule has 0 bridgehead atoms. The Balaban J connectivity index is 0.00000144. The average Bonchev–Trinajstić information content (AvgIpc) is 2.32. The van der Waals surface area contributed by atoms with Crippen molar-refractivity contribution in [1.82, 2.24) is 0 Å². The first-order valence-corrected chi connectivity index (χ1v) is 5.16. The minimum Gasteiger partial charge on any atom is -1.00 e. The van der Waals surface area contributed by atoms with E-state index >= 15 is 0 Å². The van der Waals surface area contributed by atoms with Crippen molar-refractivity contribution >= 4 is 34.7 Å². The van der Waals surface area contributed by atoms with Crippen molar-refractivity contribution in [3.63, 3.8) is 0 Å². The molecule has 0 saturated carbocycles. The first kappa shape index (κ1) is 17.7. The van der Waals surface area contributed by atoms with Gasteiger partial charge in [-0.1, -0.05) is 17.7 Å². The van der Waals surface area contributed by atoms with Gasteiger partial charge in [-0.15, -0.1) is 12.1 Å². The molecule has 0 saturated heterocycles. The number of hydrogen-bond acceptors (Lipinski definition) is 1. The van der Waals surface area contributed by atoms with Gasteiger partial charge >= 0.3 is 23.1 Å². The van der Waals surface area contributed by atoms with E-state index in [0.717, 1.165) is 5.56 Å². The number of hydrogen-bond donors (Lipinski definition) is 0. The molecule has 0 atom stereocenters. The number of halogens is 3. The Hall–Kier alpha value is -0.294. The molecule has 2 aromatic rings. The normalized spacial score (nSPS) is 9.00. The summed E-state index contributed by atoms with van der Waals surface area (Å²) in [5.41, 5.74) is 0.741. The maximum atomic E-state index is 13.1. The van der Waals surface area contributed by atoms with Crippen LogP contribution in [0.5, 0.6) is 5.75 Å². The first-order chi connectivity index (χ1) is 7.75. The summed E-state index contributed by atoms with van der Waals surface area (Å²) in [6.45, 7) is 0.311. The van der Waals surface area contributed by atoms with E-state index < -0.39 is 5.82 Å². The number of rotatable bonds is 3. The summed E-state index contributed by atoms with van der Waals surface area (Å²) in [6.07, 6.45) is 0. The average molecular weight is 340 g/mol. The molecule has 5 heteroatoms. The summed E-state index contributed by atoms with van der Waals surface area (Å²) in [7, 11) is 0. The molecule has 0 fully saturated rings. The predicted octanol–water partition coefficient (Wildman–Crippen LogP) is 0.481. The second-order valence-electron chi connectivity index (χ2n) is 3.28. The van der Waals surface area contributed by atoms with Crippen LogP contribution in [0.1, 0.15) is 5.56 Å². The van der Waals surface area contributed by atoms with E-state index in [1.54, 1.807) is 18.2 Å². The second-order valence-corrected chi connectivity index (χ2v) is 3.68. The van der Waals surface area contributed by atoms with Gasteiger partial charge in [-0.3, -0.25) is 0 Å². The zero-order chi connectivity index (χ0) is 11.4. The Morgan fingerprint density at radius 3 is 2.67 bits per heavy atom. The van der Waals surface area contributed by atoms with Crippen LogP contribution in [0.3, 0.4) is 0 Å². The topological polar surface area (TPSA) is 9.23 Å². The van der Waals surface area contributed by atoms with E-state index in [4.69, 9.17) is 16.3 Å². The molecular formula is C13H9BrClFMgO. The molecule has 90 valence electrons. The van der Waals surface area contributed by atoms with Gasteiger partial charge in [0.1, 0.15) is 5.82 Å². The van der Waals surface area contributed by atoms with Crippen molar-refractivity contribution in [2.75, 3.05) is 0 Å². The van der Waals surface area contributed by atoms with Crippen LogP contribution in [0.2, 0.25) is 5.02 Å². The van der Waals surface area contributed by atoms with E-state index in [9.17, 15) is 4.39 Å². The fourth-order valence-corrected chi connectivity index (χ4v) is 1.38.